The van der Waals surface area contributed by atoms with Crippen LogP contribution in [0.3, 0.4) is 0 Å². The molecule has 0 amide bonds. The lowest BCUT2D eigenvalue weighted by atomic mass is 10.0. The van der Waals surface area contributed by atoms with Crippen LogP contribution in [-0.4, -0.2) is 48.8 Å². The SMILES string of the molecule is Cc1ccc(C2C(CNC(C)C)OCCN2C)nc1. The van der Waals surface area contributed by atoms with Gasteiger partial charge in [-0.2, -0.15) is 0 Å². The highest BCUT2D eigenvalue weighted by atomic mass is 16.5. The van der Waals surface area contributed by atoms with E-state index in [1.165, 1.54) is 5.56 Å². The predicted octanol–water partition coefficient (Wildman–Crippen LogP) is 1.76. The van der Waals surface area contributed by atoms with Crippen molar-refractivity contribution in [3.63, 3.8) is 0 Å². The van der Waals surface area contributed by atoms with Gasteiger partial charge in [0.25, 0.3) is 0 Å². The minimum absolute atomic E-state index is 0.163. The van der Waals surface area contributed by atoms with Gasteiger partial charge >= 0.3 is 0 Å². The molecule has 106 valence electrons. The summed E-state index contributed by atoms with van der Waals surface area (Å²) in [6, 6.07) is 4.95. The van der Waals surface area contributed by atoms with Gasteiger partial charge in [0, 0.05) is 25.3 Å². The Morgan fingerprint density at radius 3 is 2.89 bits per heavy atom. The zero-order valence-electron chi connectivity index (χ0n) is 12.4. The first-order chi connectivity index (χ1) is 9.08. The highest BCUT2D eigenvalue weighted by Gasteiger charge is 2.32. The van der Waals surface area contributed by atoms with Crippen molar-refractivity contribution in [3.05, 3.63) is 29.6 Å². The minimum atomic E-state index is 0.163. The molecule has 1 aromatic rings. The molecule has 0 saturated carbocycles. The van der Waals surface area contributed by atoms with E-state index >= 15 is 0 Å². The second kappa shape index (κ2) is 6.46. The predicted molar refractivity (Wildman–Crippen MR) is 77.2 cm³/mol. The molecule has 1 aromatic heterocycles. The van der Waals surface area contributed by atoms with Crippen LogP contribution in [0.4, 0.5) is 0 Å². The molecule has 0 aromatic carbocycles. The van der Waals surface area contributed by atoms with E-state index < -0.39 is 0 Å². The Bertz CT molecular complexity index is 391. The fourth-order valence-corrected chi connectivity index (χ4v) is 2.46. The maximum absolute atomic E-state index is 5.95. The van der Waals surface area contributed by atoms with Gasteiger partial charge in [0.05, 0.1) is 24.4 Å². The van der Waals surface area contributed by atoms with E-state index in [1.807, 2.05) is 6.20 Å². The molecule has 2 atom stereocenters. The molecule has 0 aliphatic carbocycles. The van der Waals surface area contributed by atoms with Crippen LogP contribution in [-0.2, 0) is 4.74 Å². The lowest BCUT2D eigenvalue weighted by Crippen LogP contribution is -2.48. The second-order valence-corrected chi connectivity index (χ2v) is 5.66. The first-order valence-corrected chi connectivity index (χ1v) is 7.05. The van der Waals surface area contributed by atoms with E-state index in [1.54, 1.807) is 0 Å². The van der Waals surface area contributed by atoms with Crippen LogP contribution in [0.25, 0.3) is 0 Å². The van der Waals surface area contributed by atoms with Crippen molar-refractivity contribution in [3.8, 4) is 0 Å². The molecular formula is C15H25N3O. The summed E-state index contributed by atoms with van der Waals surface area (Å²) in [5.74, 6) is 0. The maximum Gasteiger partial charge on any atom is 0.0911 e. The lowest BCUT2D eigenvalue weighted by molar-refractivity contribution is -0.0633. The van der Waals surface area contributed by atoms with Gasteiger partial charge in [-0.05, 0) is 25.6 Å². The fourth-order valence-electron chi connectivity index (χ4n) is 2.46. The summed E-state index contributed by atoms with van der Waals surface area (Å²) in [6.07, 6.45) is 2.10. The van der Waals surface area contributed by atoms with Crippen molar-refractivity contribution in [2.75, 3.05) is 26.7 Å². The van der Waals surface area contributed by atoms with Crippen LogP contribution in [0.15, 0.2) is 18.3 Å². The van der Waals surface area contributed by atoms with Gasteiger partial charge in [-0.15, -0.1) is 0 Å². The molecule has 4 heteroatoms. The molecule has 2 rings (SSSR count). The van der Waals surface area contributed by atoms with Crippen LogP contribution in [0.1, 0.15) is 31.1 Å². The Balaban J connectivity index is 2.13. The van der Waals surface area contributed by atoms with Crippen LogP contribution in [0.2, 0.25) is 0 Å². The molecule has 1 N–H and O–H groups in total. The summed E-state index contributed by atoms with van der Waals surface area (Å²) >= 11 is 0. The topological polar surface area (TPSA) is 37.4 Å². The Kier molecular flexibility index (Phi) is 4.91. The normalized spacial score (nSPS) is 24.9. The molecule has 1 aliphatic heterocycles. The van der Waals surface area contributed by atoms with Crippen molar-refractivity contribution in [2.24, 2.45) is 0 Å². The first kappa shape index (κ1) is 14.4. The number of hydrogen-bond acceptors (Lipinski definition) is 4. The summed E-state index contributed by atoms with van der Waals surface area (Å²) in [4.78, 5) is 6.92. The van der Waals surface area contributed by atoms with E-state index in [9.17, 15) is 0 Å². The summed E-state index contributed by atoms with van der Waals surface area (Å²) in [5, 5.41) is 3.47. The number of nitrogens with zero attached hydrogens (tertiary/aromatic N) is 2. The Morgan fingerprint density at radius 2 is 2.26 bits per heavy atom. The Morgan fingerprint density at radius 1 is 1.47 bits per heavy atom. The molecule has 2 heterocycles. The quantitative estimate of drug-likeness (QED) is 0.898. The molecule has 1 aliphatic rings. The van der Waals surface area contributed by atoms with Gasteiger partial charge in [-0.1, -0.05) is 19.9 Å². The number of aryl methyl sites for hydroxylation is 1. The first-order valence-electron chi connectivity index (χ1n) is 7.05. The minimum Gasteiger partial charge on any atom is -0.374 e. The number of likely N-dealkylation sites (N-methyl/N-ethyl adjacent to an activating group) is 1. The molecule has 1 fully saturated rings. The third-order valence-electron chi connectivity index (χ3n) is 3.57. The molecule has 0 radical (unpaired) electrons. The van der Waals surface area contributed by atoms with Crippen molar-refractivity contribution in [1.29, 1.82) is 0 Å². The third kappa shape index (κ3) is 3.75. The third-order valence-corrected chi connectivity index (χ3v) is 3.57. The van der Waals surface area contributed by atoms with Crippen LogP contribution in [0, 0.1) is 6.92 Å². The van der Waals surface area contributed by atoms with Crippen LogP contribution >= 0.6 is 0 Å². The largest absolute Gasteiger partial charge is 0.374 e. The number of ether oxygens (including phenoxy) is 1. The van der Waals surface area contributed by atoms with Gasteiger partial charge in [-0.3, -0.25) is 9.88 Å². The molecule has 0 spiro atoms. The van der Waals surface area contributed by atoms with E-state index in [4.69, 9.17) is 4.74 Å². The number of rotatable bonds is 4. The molecular weight excluding hydrogens is 238 g/mol. The van der Waals surface area contributed by atoms with Gasteiger partial charge in [0.2, 0.25) is 0 Å². The van der Waals surface area contributed by atoms with Crippen molar-refractivity contribution in [1.82, 2.24) is 15.2 Å². The van der Waals surface area contributed by atoms with E-state index in [2.05, 4.69) is 55.2 Å². The van der Waals surface area contributed by atoms with Gasteiger partial charge in [0.15, 0.2) is 0 Å². The molecule has 19 heavy (non-hydrogen) atoms. The summed E-state index contributed by atoms with van der Waals surface area (Å²) in [6.45, 7) is 9.00. The van der Waals surface area contributed by atoms with E-state index in [0.29, 0.717) is 6.04 Å². The molecule has 4 nitrogen and oxygen atoms in total. The van der Waals surface area contributed by atoms with E-state index in [-0.39, 0.29) is 12.1 Å². The lowest BCUT2D eigenvalue weighted by Gasteiger charge is -2.39. The smallest absolute Gasteiger partial charge is 0.0911 e. The maximum atomic E-state index is 5.95. The number of nitrogens with one attached hydrogen (secondary N) is 1. The summed E-state index contributed by atoms with van der Waals surface area (Å²) < 4.78 is 5.95. The van der Waals surface area contributed by atoms with Crippen LogP contribution < -0.4 is 5.32 Å². The molecule has 0 bridgehead atoms. The summed E-state index contributed by atoms with van der Waals surface area (Å²) in [7, 11) is 2.15. The van der Waals surface area contributed by atoms with Gasteiger partial charge in [-0.25, -0.2) is 0 Å². The average Bonchev–Trinajstić information content (AvgIpc) is 2.38. The standard InChI is InChI=1S/C15H25N3O/c1-11(2)16-10-14-15(18(4)7-8-19-14)13-6-5-12(3)9-17-13/h5-6,9,11,14-16H,7-8,10H2,1-4H3. The van der Waals surface area contributed by atoms with E-state index in [0.717, 1.165) is 25.4 Å². The number of morpholine rings is 1. The zero-order chi connectivity index (χ0) is 13.8. The van der Waals surface area contributed by atoms with Crippen molar-refractivity contribution >= 4 is 0 Å². The highest BCUT2D eigenvalue weighted by Crippen LogP contribution is 2.26. The Labute approximate surface area is 116 Å². The summed E-state index contributed by atoms with van der Waals surface area (Å²) in [5.41, 5.74) is 2.29. The van der Waals surface area contributed by atoms with Gasteiger partial charge < -0.3 is 10.1 Å². The second-order valence-electron chi connectivity index (χ2n) is 5.66. The zero-order valence-corrected chi connectivity index (χ0v) is 12.4. The van der Waals surface area contributed by atoms with Crippen molar-refractivity contribution in [2.45, 2.75) is 39.0 Å². The monoisotopic (exact) mass is 263 g/mol. The fraction of sp³-hybridized carbons (Fsp3) is 0.667. The highest BCUT2D eigenvalue weighted by molar-refractivity contribution is 5.17. The number of aromatic nitrogens is 1. The Hall–Kier alpha value is -0.970. The number of hydrogen-bond donors (Lipinski definition) is 1. The molecule has 1 saturated heterocycles. The number of pyridine rings is 1. The van der Waals surface area contributed by atoms with Crippen molar-refractivity contribution < 1.29 is 4.74 Å². The van der Waals surface area contributed by atoms with Crippen LogP contribution in [0.5, 0.6) is 0 Å². The molecule has 2 unspecified atom stereocenters. The van der Waals surface area contributed by atoms with Gasteiger partial charge in [0.1, 0.15) is 0 Å². The average molecular weight is 263 g/mol.